The van der Waals surface area contributed by atoms with Gasteiger partial charge in [-0.15, -0.1) is 0 Å². The highest BCUT2D eigenvalue weighted by molar-refractivity contribution is 6.31. The van der Waals surface area contributed by atoms with Crippen LogP contribution in [0, 0.1) is 21.4 Å². The largest absolute Gasteiger partial charge is 0.419 e. The maximum absolute atomic E-state index is 11.3. The van der Waals surface area contributed by atoms with E-state index in [0.717, 1.165) is 31.5 Å². The van der Waals surface area contributed by atoms with Crippen molar-refractivity contribution < 1.29 is 9.34 Å². The summed E-state index contributed by atoms with van der Waals surface area (Å²) in [5.74, 6) is 0.216. The molecule has 1 aliphatic rings. The lowest BCUT2D eigenvalue weighted by molar-refractivity contribution is -0.384. The first-order chi connectivity index (χ1) is 15.1. The van der Waals surface area contributed by atoms with Gasteiger partial charge in [0.1, 0.15) is 11.6 Å². The first-order valence-electron chi connectivity index (χ1n) is 9.95. The second-order valence-corrected chi connectivity index (χ2v) is 7.65. The lowest BCUT2D eigenvalue weighted by Crippen LogP contribution is -2.31. The van der Waals surface area contributed by atoms with E-state index in [9.17, 15) is 15.4 Å². The molecule has 4 rings (SSSR count). The van der Waals surface area contributed by atoms with Gasteiger partial charge in [0.05, 0.1) is 11.0 Å². The van der Waals surface area contributed by atoms with E-state index in [4.69, 9.17) is 16.0 Å². The smallest absolute Gasteiger partial charge is 0.282 e. The number of aromatic nitrogens is 1. The summed E-state index contributed by atoms with van der Waals surface area (Å²) in [5.41, 5.74) is 1.13. The summed E-state index contributed by atoms with van der Waals surface area (Å²) in [6.07, 6.45) is 2.24. The Kier molecular flexibility index (Phi) is 6.16. The monoisotopic (exact) mass is 437 g/mol. The summed E-state index contributed by atoms with van der Waals surface area (Å²) in [6, 6.07) is 15.8. The Morgan fingerprint density at radius 1 is 1.23 bits per heavy atom. The van der Waals surface area contributed by atoms with Crippen molar-refractivity contribution in [2.45, 2.75) is 18.9 Å². The van der Waals surface area contributed by atoms with Crippen molar-refractivity contribution in [3.63, 3.8) is 0 Å². The van der Waals surface area contributed by atoms with E-state index in [0.29, 0.717) is 11.6 Å². The zero-order valence-electron chi connectivity index (χ0n) is 16.6. The number of likely N-dealkylation sites (tertiary alicyclic amines) is 1. The van der Waals surface area contributed by atoms with Gasteiger partial charge in [-0.05, 0) is 43.6 Å². The SMILES string of the molecule is N#Cc1nc(-c2ccccc2[N+](=O)[O-])oc1NCC(c1ccccc1Cl)N1CCCC1. The zero-order chi connectivity index (χ0) is 21.8. The fourth-order valence-electron chi connectivity index (χ4n) is 3.87. The predicted molar refractivity (Wildman–Crippen MR) is 117 cm³/mol. The van der Waals surface area contributed by atoms with Crippen LogP contribution in [-0.4, -0.2) is 34.4 Å². The van der Waals surface area contributed by atoms with Crippen LogP contribution in [0.2, 0.25) is 5.02 Å². The van der Waals surface area contributed by atoms with Crippen molar-refractivity contribution in [2.75, 3.05) is 25.0 Å². The van der Waals surface area contributed by atoms with Gasteiger partial charge in [-0.3, -0.25) is 15.0 Å². The van der Waals surface area contributed by atoms with Crippen LogP contribution >= 0.6 is 11.6 Å². The number of nitrogens with zero attached hydrogens (tertiary/aromatic N) is 4. The number of nitriles is 1. The molecule has 2 heterocycles. The molecule has 1 atom stereocenters. The Bertz CT molecular complexity index is 1130. The number of benzene rings is 2. The molecule has 0 spiro atoms. The molecule has 31 heavy (non-hydrogen) atoms. The molecule has 9 heteroatoms. The Balaban J connectivity index is 1.62. The molecular weight excluding hydrogens is 418 g/mol. The first-order valence-corrected chi connectivity index (χ1v) is 10.3. The number of nitro groups is 1. The highest BCUT2D eigenvalue weighted by Gasteiger charge is 2.27. The minimum absolute atomic E-state index is 0.0117. The van der Waals surface area contributed by atoms with Crippen LogP contribution in [0.15, 0.2) is 52.9 Å². The molecule has 1 saturated heterocycles. The molecular formula is C22H20ClN5O3. The van der Waals surface area contributed by atoms with Crippen molar-refractivity contribution in [1.29, 1.82) is 5.26 Å². The van der Waals surface area contributed by atoms with E-state index in [1.807, 2.05) is 30.3 Å². The van der Waals surface area contributed by atoms with E-state index in [-0.39, 0.29) is 34.8 Å². The van der Waals surface area contributed by atoms with Crippen LogP contribution < -0.4 is 5.32 Å². The predicted octanol–water partition coefficient (Wildman–Crippen LogP) is 5.02. The minimum Gasteiger partial charge on any atom is -0.419 e. The number of hydrogen-bond acceptors (Lipinski definition) is 7. The maximum atomic E-state index is 11.3. The Labute approximate surface area is 184 Å². The van der Waals surface area contributed by atoms with Crippen LogP contribution in [-0.2, 0) is 0 Å². The number of halogens is 1. The molecule has 0 aliphatic carbocycles. The zero-order valence-corrected chi connectivity index (χ0v) is 17.4. The van der Waals surface area contributed by atoms with Gasteiger partial charge in [0.2, 0.25) is 17.5 Å². The van der Waals surface area contributed by atoms with Crippen LogP contribution in [0.1, 0.15) is 30.1 Å². The van der Waals surface area contributed by atoms with Gasteiger partial charge in [-0.1, -0.05) is 41.9 Å². The highest BCUT2D eigenvalue weighted by atomic mass is 35.5. The normalized spacial score (nSPS) is 14.8. The molecule has 1 unspecified atom stereocenters. The molecule has 0 saturated carbocycles. The molecule has 1 N–H and O–H groups in total. The summed E-state index contributed by atoms with van der Waals surface area (Å²) in [5, 5.41) is 24.7. The average molecular weight is 438 g/mol. The van der Waals surface area contributed by atoms with E-state index < -0.39 is 4.92 Å². The Morgan fingerprint density at radius 2 is 1.94 bits per heavy atom. The van der Waals surface area contributed by atoms with Crippen molar-refractivity contribution in [2.24, 2.45) is 0 Å². The van der Waals surface area contributed by atoms with E-state index in [2.05, 4.69) is 15.2 Å². The third-order valence-electron chi connectivity index (χ3n) is 5.37. The summed E-state index contributed by atoms with van der Waals surface area (Å²) >= 11 is 6.46. The molecule has 0 radical (unpaired) electrons. The standard InChI is InChI=1S/C22H20ClN5O3/c23-17-9-3-1-7-15(17)20(27-11-5-6-12-27)14-25-22-18(13-24)26-21(31-22)16-8-2-4-10-19(16)28(29)30/h1-4,7-10,20,25H,5-6,11-12,14H2. The van der Waals surface area contributed by atoms with Crippen molar-refractivity contribution in [3.8, 4) is 17.5 Å². The van der Waals surface area contributed by atoms with Gasteiger partial charge >= 0.3 is 0 Å². The summed E-state index contributed by atoms with van der Waals surface area (Å²) in [6.45, 7) is 2.37. The summed E-state index contributed by atoms with van der Waals surface area (Å²) < 4.78 is 5.76. The number of hydrogen-bond donors (Lipinski definition) is 1. The van der Waals surface area contributed by atoms with Crippen molar-refractivity contribution >= 4 is 23.2 Å². The number of rotatable bonds is 7. The summed E-state index contributed by atoms with van der Waals surface area (Å²) in [7, 11) is 0. The van der Waals surface area contributed by atoms with Gasteiger partial charge in [0.15, 0.2) is 0 Å². The van der Waals surface area contributed by atoms with Crippen LogP contribution in [0.5, 0.6) is 0 Å². The second-order valence-electron chi connectivity index (χ2n) is 7.24. The molecule has 8 nitrogen and oxygen atoms in total. The molecule has 2 aromatic carbocycles. The highest BCUT2D eigenvalue weighted by Crippen LogP contribution is 2.34. The lowest BCUT2D eigenvalue weighted by Gasteiger charge is -2.28. The van der Waals surface area contributed by atoms with Gasteiger partial charge in [0.25, 0.3) is 5.69 Å². The number of anilines is 1. The Morgan fingerprint density at radius 3 is 2.65 bits per heavy atom. The minimum atomic E-state index is -0.501. The topological polar surface area (TPSA) is 108 Å². The quantitative estimate of drug-likeness (QED) is 0.408. The Hall–Kier alpha value is -3.41. The number of nitrogens with one attached hydrogen (secondary N) is 1. The first kappa shape index (κ1) is 20.8. The number of oxazole rings is 1. The van der Waals surface area contributed by atoms with Crippen molar-refractivity contribution in [1.82, 2.24) is 9.88 Å². The van der Waals surface area contributed by atoms with E-state index in [1.54, 1.807) is 18.2 Å². The van der Waals surface area contributed by atoms with Gasteiger partial charge < -0.3 is 9.73 Å². The van der Waals surface area contributed by atoms with Gasteiger partial charge in [0, 0.05) is 17.6 Å². The summed E-state index contributed by atoms with van der Waals surface area (Å²) in [4.78, 5) is 17.4. The van der Waals surface area contributed by atoms with E-state index in [1.165, 1.54) is 6.07 Å². The second kappa shape index (κ2) is 9.16. The molecule has 1 aromatic heterocycles. The fourth-order valence-corrected chi connectivity index (χ4v) is 4.13. The fraction of sp³-hybridized carbons (Fsp3) is 0.273. The van der Waals surface area contributed by atoms with Crippen LogP contribution in [0.25, 0.3) is 11.5 Å². The molecule has 0 bridgehead atoms. The lowest BCUT2D eigenvalue weighted by atomic mass is 10.1. The molecule has 1 aliphatic heterocycles. The van der Waals surface area contributed by atoms with Crippen LogP contribution in [0.4, 0.5) is 11.6 Å². The molecule has 0 amide bonds. The van der Waals surface area contributed by atoms with Crippen molar-refractivity contribution in [3.05, 3.63) is 74.9 Å². The van der Waals surface area contributed by atoms with Gasteiger partial charge in [-0.2, -0.15) is 10.2 Å². The van der Waals surface area contributed by atoms with E-state index >= 15 is 0 Å². The molecule has 158 valence electrons. The third kappa shape index (κ3) is 4.38. The molecule has 1 fully saturated rings. The molecule has 3 aromatic rings. The number of para-hydroxylation sites is 1. The maximum Gasteiger partial charge on any atom is 0.282 e. The van der Waals surface area contributed by atoms with Gasteiger partial charge in [-0.25, -0.2) is 0 Å². The third-order valence-corrected chi connectivity index (χ3v) is 5.71. The van der Waals surface area contributed by atoms with Crippen LogP contribution in [0.3, 0.4) is 0 Å². The average Bonchev–Trinajstić information content (AvgIpc) is 3.45. The number of nitro benzene ring substituents is 1.